The molecule has 1 unspecified atom stereocenters. The van der Waals surface area contributed by atoms with E-state index in [1.165, 1.54) is 24.0 Å². The van der Waals surface area contributed by atoms with Crippen LogP contribution in [0.2, 0.25) is 0 Å². The predicted molar refractivity (Wildman–Crippen MR) is 102 cm³/mol. The molecule has 0 saturated heterocycles. The summed E-state index contributed by atoms with van der Waals surface area (Å²) >= 11 is 0. The van der Waals surface area contributed by atoms with Crippen LogP contribution < -0.4 is 5.32 Å². The van der Waals surface area contributed by atoms with Crippen LogP contribution in [0.3, 0.4) is 0 Å². The fourth-order valence-corrected chi connectivity index (χ4v) is 3.24. The maximum Gasteiger partial charge on any atom is 0.254 e. The molecule has 26 heavy (non-hydrogen) atoms. The minimum absolute atomic E-state index is 0.0539. The summed E-state index contributed by atoms with van der Waals surface area (Å²) in [5, 5.41) is 7.56. The summed E-state index contributed by atoms with van der Waals surface area (Å²) < 4.78 is 1.81. The standard InChI is InChI=1S/C22H23N3O/c1-16-7-9-18(10-8-16)21(19-11-12-19)24-22(26)20-13-23-25(15-20)14-17-5-3-2-4-6-17/h2-10,13,15,19,21H,11-12,14H2,1H3,(H,24,26). The second kappa shape index (κ2) is 7.16. The number of aryl methyl sites for hydroxylation is 1. The van der Waals surface area contributed by atoms with Gasteiger partial charge in [-0.2, -0.15) is 5.10 Å². The van der Waals surface area contributed by atoms with Crippen molar-refractivity contribution >= 4 is 5.91 Å². The molecule has 1 atom stereocenters. The largest absolute Gasteiger partial charge is 0.345 e. The molecule has 0 bridgehead atoms. The SMILES string of the molecule is Cc1ccc(C(NC(=O)c2cnn(Cc3ccccc3)c2)C2CC2)cc1. The van der Waals surface area contributed by atoms with Crippen molar-refractivity contribution in [2.45, 2.75) is 32.4 Å². The van der Waals surface area contributed by atoms with Crippen LogP contribution >= 0.6 is 0 Å². The van der Waals surface area contributed by atoms with Gasteiger partial charge in [-0.05, 0) is 36.8 Å². The predicted octanol–water partition coefficient (Wildman–Crippen LogP) is 4.12. The molecule has 132 valence electrons. The van der Waals surface area contributed by atoms with Gasteiger partial charge in [0.15, 0.2) is 0 Å². The highest BCUT2D eigenvalue weighted by Crippen LogP contribution is 2.41. The Balaban J connectivity index is 1.46. The van der Waals surface area contributed by atoms with Crippen molar-refractivity contribution < 1.29 is 4.79 Å². The van der Waals surface area contributed by atoms with Gasteiger partial charge in [0.05, 0.1) is 24.3 Å². The van der Waals surface area contributed by atoms with E-state index in [4.69, 9.17) is 0 Å². The van der Waals surface area contributed by atoms with E-state index in [0.717, 1.165) is 5.56 Å². The van der Waals surface area contributed by atoms with Gasteiger partial charge in [-0.1, -0.05) is 60.2 Å². The Labute approximate surface area is 153 Å². The minimum Gasteiger partial charge on any atom is -0.345 e. The third-order valence-electron chi connectivity index (χ3n) is 4.90. The van der Waals surface area contributed by atoms with E-state index in [2.05, 4.69) is 53.7 Å². The Morgan fingerprint density at radius 2 is 1.88 bits per heavy atom. The summed E-state index contributed by atoms with van der Waals surface area (Å²) in [4.78, 5) is 12.7. The highest BCUT2D eigenvalue weighted by Gasteiger charge is 2.33. The molecule has 1 N–H and O–H groups in total. The number of nitrogens with one attached hydrogen (secondary N) is 1. The summed E-state index contributed by atoms with van der Waals surface area (Å²) in [6.45, 7) is 2.74. The fourth-order valence-electron chi connectivity index (χ4n) is 3.24. The molecular formula is C22H23N3O. The smallest absolute Gasteiger partial charge is 0.254 e. The number of rotatable bonds is 6. The average molecular weight is 345 g/mol. The third-order valence-corrected chi connectivity index (χ3v) is 4.90. The number of carbonyl (C=O) groups excluding carboxylic acids is 1. The van der Waals surface area contributed by atoms with Crippen molar-refractivity contribution in [3.05, 3.63) is 89.2 Å². The van der Waals surface area contributed by atoms with Crippen LogP contribution in [0.25, 0.3) is 0 Å². The van der Waals surface area contributed by atoms with E-state index in [-0.39, 0.29) is 11.9 Å². The van der Waals surface area contributed by atoms with E-state index >= 15 is 0 Å². The van der Waals surface area contributed by atoms with Crippen molar-refractivity contribution in [1.82, 2.24) is 15.1 Å². The molecule has 1 fully saturated rings. The summed E-state index contributed by atoms with van der Waals surface area (Å²) in [7, 11) is 0. The number of carbonyl (C=O) groups is 1. The zero-order valence-electron chi connectivity index (χ0n) is 14.9. The molecule has 1 saturated carbocycles. The lowest BCUT2D eigenvalue weighted by Crippen LogP contribution is -2.29. The zero-order valence-corrected chi connectivity index (χ0v) is 14.9. The summed E-state index contributed by atoms with van der Waals surface area (Å²) in [6, 6.07) is 18.7. The Morgan fingerprint density at radius 1 is 1.15 bits per heavy atom. The molecule has 4 rings (SSSR count). The van der Waals surface area contributed by atoms with Gasteiger partial charge in [-0.3, -0.25) is 9.48 Å². The summed E-state index contributed by atoms with van der Waals surface area (Å²) in [5.74, 6) is 0.489. The van der Waals surface area contributed by atoms with Gasteiger partial charge in [0.25, 0.3) is 5.91 Å². The van der Waals surface area contributed by atoms with Crippen LogP contribution in [-0.2, 0) is 6.54 Å². The highest BCUT2D eigenvalue weighted by molar-refractivity contribution is 5.94. The van der Waals surface area contributed by atoms with Crippen LogP contribution in [0.5, 0.6) is 0 Å². The molecule has 1 aliphatic carbocycles. The fraction of sp³-hybridized carbons (Fsp3) is 0.273. The molecule has 1 amide bonds. The first kappa shape index (κ1) is 16.6. The molecule has 4 nitrogen and oxygen atoms in total. The molecule has 1 aliphatic rings. The normalized spacial score (nSPS) is 14.8. The van der Waals surface area contributed by atoms with E-state index < -0.39 is 0 Å². The number of nitrogens with zero attached hydrogens (tertiary/aromatic N) is 2. The highest BCUT2D eigenvalue weighted by atomic mass is 16.1. The van der Waals surface area contributed by atoms with Crippen LogP contribution in [0, 0.1) is 12.8 Å². The summed E-state index contributed by atoms with van der Waals surface area (Å²) in [5.41, 5.74) is 4.19. The van der Waals surface area contributed by atoms with Gasteiger partial charge in [0.2, 0.25) is 0 Å². The molecule has 0 radical (unpaired) electrons. The van der Waals surface area contributed by atoms with Gasteiger partial charge in [0.1, 0.15) is 0 Å². The van der Waals surface area contributed by atoms with Crippen molar-refractivity contribution in [3.8, 4) is 0 Å². The molecule has 3 aromatic rings. The molecule has 0 spiro atoms. The van der Waals surface area contributed by atoms with E-state index in [0.29, 0.717) is 18.0 Å². The van der Waals surface area contributed by atoms with Gasteiger partial charge in [-0.25, -0.2) is 0 Å². The number of hydrogen-bond donors (Lipinski definition) is 1. The van der Waals surface area contributed by atoms with Gasteiger partial charge >= 0.3 is 0 Å². The lowest BCUT2D eigenvalue weighted by molar-refractivity contribution is 0.0931. The molecule has 2 aromatic carbocycles. The monoisotopic (exact) mass is 345 g/mol. The van der Waals surface area contributed by atoms with Crippen molar-refractivity contribution in [2.24, 2.45) is 5.92 Å². The topological polar surface area (TPSA) is 46.9 Å². The zero-order chi connectivity index (χ0) is 17.9. The van der Waals surface area contributed by atoms with Crippen LogP contribution in [0.1, 0.15) is 45.9 Å². The molecular weight excluding hydrogens is 322 g/mol. The Hall–Kier alpha value is -2.88. The minimum atomic E-state index is -0.0539. The average Bonchev–Trinajstić information content (AvgIpc) is 3.40. The number of hydrogen-bond acceptors (Lipinski definition) is 2. The third kappa shape index (κ3) is 3.85. The summed E-state index contributed by atoms with van der Waals surface area (Å²) in [6.07, 6.45) is 5.82. The van der Waals surface area contributed by atoms with Gasteiger partial charge in [0, 0.05) is 6.20 Å². The van der Waals surface area contributed by atoms with Crippen molar-refractivity contribution in [3.63, 3.8) is 0 Å². The lowest BCUT2D eigenvalue weighted by Gasteiger charge is -2.18. The van der Waals surface area contributed by atoms with Crippen molar-refractivity contribution in [2.75, 3.05) is 0 Å². The molecule has 0 aliphatic heterocycles. The quantitative estimate of drug-likeness (QED) is 0.730. The van der Waals surface area contributed by atoms with Gasteiger partial charge < -0.3 is 5.32 Å². The Kier molecular flexibility index (Phi) is 4.57. The molecule has 1 aromatic heterocycles. The first-order valence-electron chi connectivity index (χ1n) is 9.13. The first-order valence-corrected chi connectivity index (χ1v) is 9.13. The first-order chi connectivity index (χ1) is 12.7. The Bertz CT molecular complexity index is 879. The number of amides is 1. The van der Waals surface area contributed by atoms with E-state index in [9.17, 15) is 4.79 Å². The number of benzene rings is 2. The van der Waals surface area contributed by atoms with Gasteiger partial charge in [-0.15, -0.1) is 0 Å². The molecule has 1 heterocycles. The Morgan fingerprint density at radius 3 is 2.58 bits per heavy atom. The van der Waals surface area contributed by atoms with Crippen molar-refractivity contribution in [1.29, 1.82) is 0 Å². The maximum absolute atomic E-state index is 12.7. The second-order valence-electron chi connectivity index (χ2n) is 7.11. The maximum atomic E-state index is 12.7. The van der Waals surface area contributed by atoms with Crippen LogP contribution in [0.15, 0.2) is 67.0 Å². The molecule has 4 heteroatoms. The lowest BCUT2D eigenvalue weighted by atomic mass is 10.0. The number of aromatic nitrogens is 2. The second-order valence-corrected chi connectivity index (χ2v) is 7.11. The van der Waals surface area contributed by atoms with E-state index in [1.54, 1.807) is 6.20 Å². The van der Waals surface area contributed by atoms with Crippen LogP contribution in [-0.4, -0.2) is 15.7 Å². The van der Waals surface area contributed by atoms with E-state index in [1.807, 2.05) is 29.1 Å². The van der Waals surface area contributed by atoms with Crippen LogP contribution in [0.4, 0.5) is 0 Å².